The molecule has 0 radical (unpaired) electrons. The highest BCUT2D eigenvalue weighted by atomic mass is 32.2. The zero-order chi connectivity index (χ0) is 13.8. The van der Waals surface area contributed by atoms with E-state index in [9.17, 15) is 5.11 Å². The minimum absolute atomic E-state index is 0.347. The van der Waals surface area contributed by atoms with Crippen LogP contribution in [0, 0.1) is 13.8 Å². The van der Waals surface area contributed by atoms with Crippen molar-refractivity contribution < 1.29 is 5.11 Å². The van der Waals surface area contributed by atoms with E-state index in [4.69, 9.17) is 0 Å². The topological polar surface area (TPSA) is 20.2 Å². The number of aryl methyl sites for hydroxylation is 2. The molecule has 0 spiro atoms. The lowest BCUT2D eigenvalue weighted by Gasteiger charge is -2.10. The second kappa shape index (κ2) is 6.27. The Morgan fingerprint density at radius 2 is 1.74 bits per heavy atom. The third-order valence-electron chi connectivity index (χ3n) is 3.21. The standard InChI is InChI=1S/C17H20OS/c1-4-16(18)14-6-8-15(9-7-14)19-17-10-5-12(2)11-13(17)3/h5-11,16,18H,4H2,1-3H3/t16-/m0/s1. The highest BCUT2D eigenvalue weighted by Gasteiger charge is 2.05. The molecule has 2 heteroatoms. The number of hydrogen-bond donors (Lipinski definition) is 1. The predicted molar refractivity (Wildman–Crippen MR) is 81.7 cm³/mol. The van der Waals surface area contributed by atoms with Crippen LogP contribution in [0.4, 0.5) is 0 Å². The van der Waals surface area contributed by atoms with E-state index < -0.39 is 0 Å². The van der Waals surface area contributed by atoms with E-state index in [-0.39, 0.29) is 6.10 Å². The van der Waals surface area contributed by atoms with E-state index in [2.05, 4.69) is 44.2 Å². The summed E-state index contributed by atoms with van der Waals surface area (Å²) in [5, 5.41) is 9.78. The lowest BCUT2D eigenvalue weighted by atomic mass is 10.1. The molecule has 0 aliphatic rings. The molecule has 19 heavy (non-hydrogen) atoms. The van der Waals surface area contributed by atoms with E-state index in [1.807, 2.05) is 19.1 Å². The molecular formula is C17H20OS. The van der Waals surface area contributed by atoms with Gasteiger partial charge in [0.2, 0.25) is 0 Å². The number of aliphatic hydroxyl groups excluding tert-OH is 1. The average Bonchev–Trinajstić information content (AvgIpc) is 2.42. The summed E-state index contributed by atoms with van der Waals surface area (Å²) in [5.74, 6) is 0. The molecule has 1 N–H and O–H groups in total. The fraction of sp³-hybridized carbons (Fsp3) is 0.294. The van der Waals surface area contributed by atoms with Gasteiger partial charge in [-0.1, -0.05) is 48.5 Å². The van der Waals surface area contributed by atoms with Crippen molar-refractivity contribution in [2.75, 3.05) is 0 Å². The monoisotopic (exact) mass is 272 g/mol. The van der Waals surface area contributed by atoms with E-state index in [0.29, 0.717) is 0 Å². The Balaban J connectivity index is 2.15. The predicted octanol–water partition coefficient (Wildman–Crippen LogP) is 4.90. The van der Waals surface area contributed by atoms with Crippen molar-refractivity contribution >= 4 is 11.8 Å². The molecule has 2 aromatic carbocycles. The third-order valence-corrected chi connectivity index (χ3v) is 4.40. The Labute approximate surface area is 119 Å². The van der Waals surface area contributed by atoms with Gasteiger partial charge in [-0.3, -0.25) is 0 Å². The molecule has 0 saturated heterocycles. The van der Waals surface area contributed by atoms with Crippen LogP contribution in [0.2, 0.25) is 0 Å². The summed E-state index contributed by atoms with van der Waals surface area (Å²) in [6.07, 6.45) is 0.406. The molecule has 0 saturated carbocycles. The number of hydrogen-bond acceptors (Lipinski definition) is 2. The number of aliphatic hydroxyl groups is 1. The molecular weight excluding hydrogens is 252 g/mol. The molecule has 2 aromatic rings. The summed E-state index contributed by atoms with van der Waals surface area (Å²) in [5.41, 5.74) is 3.60. The zero-order valence-electron chi connectivity index (χ0n) is 11.7. The van der Waals surface area contributed by atoms with Crippen LogP contribution in [0.5, 0.6) is 0 Å². The molecule has 100 valence electrons. The van der Waals surface area contributed by atoms with Crippen molar-refractivity contribution in [3.8, 4) is 0 Å². The molecule has 0 bridgehead atoms. The Bertz CT molecular complexity index is 546. The largest absolute Gasteiger partial charge is 0.388 e. The summed E-state index contributed by atoms with van der Waals surface area (Å²) in [4.78, 5) is 2.49. The van der Waals surface area contributed by atoms with E-state index in [1.165, 1.54) is 20.9 Å². The van der Waals surface area contributed by atoms with Crippen LogP contribution in [0.15, 0.2) is 52.3 Å². The zero-order valence-corrected chi connectivity index (χ0v) is 12.5. The fourth-order valence-electron chi connectivity index (χ4n) is 2.03. The van der Waals surface area contributed by atoms with Gasteiger partial charge in [-0.25, -0.2) is 0 Å². The lowest BCUT2D eigenvalue weighted by molar-refractivity contribution is 0.173. The highest BCUT2D eigenvalue weighted by Crippen LogP contribution is 2.31. The Morgan fingerprint density at radius 1 is 1.05 bits per heavy atom. The maximum Gasteiger partial charge on any atom is 0.0787 e. The van der Waals surface area contributed by atoms with Crippen LogP contribution in [0.1, 0.15) is 36.1 Å². The van der Waals surface area contributed by atoms with Gasteiger partial charge in [0.15, 0.2) is 0 Å². The Hall–Kier alpha value is -1.25. The number of rotatable bonds is 4. The average molecular weight is 272 g/mol. The summed E-state index contributed by atoms with van der Waals surface area (Å²) in [7, 11) is 0. The Morgan fingerprint density at radius 3 is 2.32 bits per heavy atom. The summed E-state index contributed by atoms with van der Waals surface area (Å²) in [6.45, 7) is 6.25. The van der Waals surface area contributed by atoms with Gasteiger partial charge in [-0.2, -0.15) is 0 Å². The van der Waals surface area contributed by atoms with Crippen LogP contribution in [0.25, 0.3) is 0 Å². The van der Waals surface area contributed by atoms with Crippen LogP contribution in [-0.2, 0) is 0 Å². The van der Waals surface area contributed by atoms with E-state index >= 15 is 0 Å². The fourth-order valence-corrected chi connectivity index (χ4v) is 2.92. The smallest absolute Gasteiger partial charge is 0.0787 e. The maximum atomic E-state index is 9.78. The van der Waals surface area contributed by atoms with Gasteiger partial charge in [0.25, 0.3) is 0 Å². The normalized spacial score (nSPS) is 12.4. The van der Waals surface area contributed by atoms with Gasteiger partial charge < -0.3 is 5.11 Å². The maximum absolute atomic E-state index is 9.78. The first-order valence-electron chi connectivity index (χ1n) is 6.63. The summed E-state index contributed by atoms with van der Waals surface area (Å²) in [6, 6.07) is 14.7. The second-order valence-electron chi connectivity index (χ2n) is 4.86. The number of benzene rings is 2. The van der Waals surface area contributed by atoms with Gasteiger partial charge in [0.1, 0.15) is 0 Å². The first-order valence-corrected chi connectivity index (χ1v) is 7.45. The van der Waals surface area contributed by atoms with Crippen LogP contribution >= 0.6 is 11.8 Å². The highest BCUT2D eigenvalue weighted by molar-refractivity contribution is 7.99. The molecule has 0 heterocycles. The molecule has 0 aliphatic heterocycles. The minimum Gasteiger partial charge on any atom is -0.388 e. The van der Waals surface area contributed by atoms with Crippen LogP contribution in [0.3, 0.4) is 0 Å². The van der Waals surface area contributed by atoms with Gasteiger partial charge in [-0.05, 0) is 49.6 Å². The van der Waals surface area contributed by atoms with Gasteiger partial charge in [-0.15, -0.1) is 0 Å². The van der Waals surface area contributed by atoms with Crippen molar-refractivity contribution in [3.05, 3.63) is 59.2 Å². The molecule has 0 aromatic heterocycles. The van der Waals surface area contributed by atoms with Crippen molar-refractivity contribution in [1.29, 1.82) is 0 Å². The lowest BCUT2D eigenvalue weighted by Crippen LogP contribution is -1.94. The van der Waals surface area contributed by atoms with Crippen molar-refractivity contribution in [2.45, 2.75) is 43.1 Å². The van der Waals surface area contributed by atoms with Crippen molar-refractivity contribution in [2.24, 2.45) is 0 Å². The van der Waals surface area contributed by atoms with E-state index in [1.54, 1.807) is 11.8 Å². The van der Waals surface area contributed by atoms with Crippen LogP contribution in [-0.4, -0.2) is 5.11 Å². The summed E-state index contributed by atoms with van der Waals surface area (Å²) >= 11 is 1.77. The molecule has 1 atom stereocenters. The van der Waals surface area contributed by atoms with E-state index in [0.717, 1.165) is 12.0 Å². The molecule has 0 aliphatic carbocycles. The molecule has 2 rings (SSSR count). The van der Waals surface area contributed by atoms with Crippen LogP contribution < -0.4 is 0 Å². The van der Waals surface area contributed by atoms with Crippen molar-refractivity contribution in [1.82, 2.24) is 0 Å². The third kappa shape index (κ3) is 3.62. The van der Waals surface area contributed by atoms with Gasteiger partial charge >= 0.3 is 0 Å². The van der Waals surface area contributed by atoms with Gasteiger partial charge in [0.05, 0.1) is 6.10 Å². The first-order chi connectivity index (χ1) is 9.10. The second-order valence-corrected chi connectivity index (χ2v) is 5.98. The molecule has 1 nitrogen and oxygen atoms in total. The quantitative estimate of drug-likeness (QED) is 0.854. The summed E-state index contributed by atoms with van der Waals surface area (Å²) < 4.78 is 0. The minimum atomic E-state index is -0.347. The molecule has 0 unspecified atom stereocenters. The Kier molecular flexibility index (Phi) is 4.67. The first kappa shape index (κ1) is 14.2. The van der Waals surface area contributed by atoms with Gasteiger partial charge in [0, 0.05) is 9.79 Å². The van der Waals surface area contributed by atoms with Crippen molar-refractivity contribution in [3.63, 3.8) is 0 Å². The molecule has 0 fully saturated rings. The molecule has 0 amide bonds. The SMILES string of the molecule is CC[C@H](O)c1ccc(Sc2ccc(C)cc2C)cc1.